The van der Waals surface area contributed by atoms with Crippen molar-refractivity contribution in [2.75, 3.05) is 0 Å². The minimum Gasteiger partial charge on any atom is -0.439 e. The zero-order valence-corrected chi connectivity index (χ0v) is 10.8. The molecule has 0 atom stereocenters. The van der Waals surface area contributed by atoms with Crippen LogP contribution in [-0.4, -0.2) is 13.4 Å². The van der Waals surface area contributed by atoms with Gasteiger partial charge in [-0.05, 0) is 18.2 Å². The lowest BCUT2D eigenvalue weighted by atomic mass is 10.2. The number of nitriles is 1. The van der Waals surface area contributed by atoms with Crippen molar-refractivity contribution in [1.82, 2.24) is 4.98 Å². The Kier molecular flexibility index (Phi) is 3.65. The van der Waals surface area contributed by atoms with Crippen LogP contribution in [0, 0.1) is 17.1 Å². The van der Waals surface area contributed by atoms with Crippen molar-refractivity contribution in [2.24, 2.45) is 5.14 Å². The van der Waals surface area contributed by atoms with Gasteiger partial charge in [0.2, 0.25) is 15.9 Å². The lowest BCUT2D eigenvalue weighted by Crippen LogP contribution is -2.12. The predicted molar refractivity (Wildman–Crippen MR) is 66.8 cm³/mol. The number of pyridine rings is 1. The van der Waals surface area contributed by atoms with E-state index in [1.165, 1.54) is 24.3 Å². The van der Waals surface area contributed by atoms with Crippen LogP contribution in [0.4, 0.5) is 4.39 Å². The number of halogens is 1. The van der Waals surface area contributed by atoms with Crippen molar-refractivity contribution in [1.29, 1.82) is 5.26 Å². The third-order valence-corrected chi connectivity index (χ3v) is 3.22. The minimum absolute atomic E-state index is 0.0708. The van der Waals surface area contributed by atoms with Crippen LogP contribution in [0.15, 0.2) is 41.4 Å². The average Bonchev–Trinajstić information content (AvgIpc) is 2.38. The fraction of sp³-hybridized carbons (Fsp3) is 0. The number of sulfonamides is 1. The molecular weight excluding hydrogens is 285 g/mol. The third-order valence-electron chi connectivity index (χ3n) is 2.32. The molecule has 0 saturated carbocycles. The van der Waals surface area contributed by atoms with E-state index in [0.717, 1.165) is 12.3 Å². The van der Waals surface area contributed by atoms with E-state index in [2.05, 4.69) is 4.98 Å². The zero-order chi connectivity index (χ0) is 14.8. The Balaban J connectivity index is 2.23. The molecule has 6 nitrogen and oxygen atoms in total. The molecule has 0 radical (unpaired) electrons. The molecule has 8 heteroatoms. The molecule has 0 saturated heterocycles. The molecule has 0 bridgehead atoms. The van der Waals surface area contributed by atoms with Gasteiger partial charge >= 0.3 is 0 Å². The van der Waals surface area contributed by atoms with E-state index < -0.39 is 15.8 Å². The Morgan fingerprint density at radius 3 is 2.55 bits per heavy atom. The van der Waals surface area contributed by atoms with Gasteiger partial charge in [-0.1, -0.05) is 0 Å². The quantitative estimate of drug-likeness (QED) is 0.923. The van der Waals surface area contributed by atoms with Gasteiger partial charge < -0.3 is 4.74 Å². The van der Waals surface area contributed by atoms with E-state index >= 15 is 0 Å². The highest BCUT2D eigenvalue weighted by Crippen LogP contribution is 2.22. The van der Waals surface area contributed by atoms with Gasteiger partial charge in [-0.15, -0.1) is 0 Å². The fourth-order valence-electron chi connectivity index (χ4n) is 1.37. The molecular formula is C12H8FN3O3S. The standard InChI is InChI=1S/C12H8FN3O3S/c13-11-5-9(2-1-8(11)6-14)19-12-4-3-10(7-16-12)20(15,17)18/h1-5,7H,(H2,15,17,18). The van der Waals surface area contributed by atoms with E-state index in [-0.39, 0.29) is 22.1 Å². The molecule has 1 aromatic carbocycles. The van der Waals surface area contributed by atoms with Gasteiger partial charge in [0.15, 0.2) is 0 Å². The molecule has 0 spiro atoms. The first-order chi connectivity index (χ1) is 9.40. The van der Waals surface area contributed by atoms with E-state index in [0.29, 0.717) is 0 Å². The van der Waals surface area contributed by atoms with Gasteiger partial charge in [-0.3, -0.25) is 0 Å². The summed E-state index contributed by atoms with van der Waals surface area (Å²) < 4.78 is 40.7. The number of nitrogens with two attached hydrogens (primary N) is 1. The smallest absolute Gasteiger partial charge is 0.239 e. The van der Waals surface area contributed by atoms with Crippen molar-refractivity contribution in [3.05, 3.63) is 47.9 Å². The Morgan fingerprint density at radius 2 is 2.05 bits per heavy atom. The van der Waals surface area contributed by atoms with Crippen LogP contribution < -0.4 is 9.88 Å². The second kappa shape index (κ2) is 5.24. The monoisotopic (exact) mass is 293 g/mol. The number of hydrogen-bond donors (Lipinski definition) is 1. The van der Waals surface area contributed by atoms with Gasteiger partial charge in [0.1, 0.15) is 22.5 Å². The highest BCUT2D eigenvalue weighted by Gasteiger charge is 2.09. The molecule has 0 amide bonds. The maximum Gasteiger partial charge on any atom is 0.239 e. The molecule has 0 fully saturated rings. The molecule has 2 aromatic rings. The minimum atomic E-state index is -3.82. The first kappa shape index (κ1) is 13.9. The number of primary sulfonamides is 1. The summed E-state index contributed by atoms with van der Waals surface area (Å²) in [7, 11) is -3.82. The molecule has 1 heterocycles. The number of hydrogen-bond acceptors (Lipinski definition) is 5. The summed E-state index contributed by atoms with van der Waals surface area (Å²) in [5.74, 6) is -0.509. The van der Waals surface area contributed by atoms with E-state index in [1.54, 1.807) is 6.07 Å². The molecule has 1 aromatic heterocycles. The van der Waals surface area contributed by atoms with Gasteiger partial charge in [0.05, 0.1) is 11.8 Å². The summed E-state index contributed by atoms with van der Waals surface area (Å²) in [4.78, 5) is 3.59. The van der Waals surface area contributed by atoms with Crippen LogP contribution in [0.25, 0.3) is 0 Å². The Hall–Kier alpha value is -2.50. The average molecular weight is 293 g/mol. The topological polar surface area (TPSA) is 106 Å². The van der Waals surface area contributed by atoms with E-state index in [9.17, 15) is 12.8 Å². The second-order valence-corrected chi connectivity index (χ2v) is 5.29. The Bertz CT molecular complexity index is 783. The van der Waals surface area contributed by atoms with Crippen molar-refractivity contribution < 1.29 is 17.5 Å². The summed E-state index contributed by atoms with van der Waals surface area (Å²) in [6, 6.07) is 7.89. The predicted octanol–water partition coefficient (Wildman–Crippen LogP) is 1.53. The van der Waals surface area contributed by atoms with Gasteiger partial charge in [0, 0.05) is 12.1 Å². The molecule has 0 aliphatic heterocycles. The third kappa shape index (κ3) is 3.09. The number of rotatable bonds is 3. The molecule has 2 rings (SSSR count). The van der Waals surface area contributed by atoms with Crippen molar-refractivity contribution in [3.8, 4) is 17.7 Å². The van der Waals surface area contributed by atoms with E-state index in [1.807, 2.05) is 0 Å². The Morgan fingerprint density at radius 1 is 1.30 bits per heavy atom. The van der Waals surface area contributed by atoms with Crippen LogP contribution in [0.5, 0.6) is 11.6 Å². The zero-order valence-electron chi connectivity index (χ0n) is 9.95. The lowest BCUT2D eigenvalue weighted by Gasteiger charge is -2.05. The van der Waals surface area contributed by atoms with Crippen LogP contribution in [0.3, 0.4) is 0 Å². The normalized spacial score (nSPS) is 10.8. The van der Waals surface area contributed by atoms with Crippen molar-refractivity contribution >= 4 is 10.0 Å². The largest absolute Gasteiger partial charge is 0.439 e. The highest BCUT2D eigenvalue weighted by atomic mass is 32.2. The molecule has 0 aliphatic rings. The van der Waals surface area contributed by atoms with Crippen molar-refractivity contribution in [3.63, 3.8) is 0 Å². The van der Waals surface area contributed by atoms with Crippen LogP contribution in [-0.2, 0) is 10.0 Å². The number of aromatic nitrogens is 1. The maximum absolute atomic E-state index is 13.4. The first-order valence-corrected chi connectivity index (χ1v) is 6.81. The Labute approximate surface area is 114 Å². The number of ether oxygens (including phenoxy) is 1. The van der Waals surface area contributed by atoms with Gasteiger partial charge in [-0.25, -0.2) is 22.9 Å². The van der Waals surface area contributed by atoms with Crippen LogP contribution >= 0.6 is 0 Å². The summed E-state index contributed by atoms with van der Waals surface area (Å²) >= 11 is 0. The highest BCUT2D eigenvalue weighted by molar-refractivity contribution is 7.89. The molecule has 2 N–H and O–H groups in total. The van der Waals surface area contributed by atoms with Gasteiger partial charge in [0.25, 0.3) is 0 Å². The second-order valence-electron chi connectivity index (χ2n) is 3.73. The number of nitrogens with zero attached hydrogens (tertiary/aromatic N) is 2. The van der Waals surface area contributed by atoms with E-state index in [4.69, 9.17) is 15.1 Å². The lowest BCUT2D eigenvalue weighted by molar-refractivity contribution is 0.457. The SMILES string of the molecule is N#Cc1ccc(Oc2ccc(S(N)(=O)=O)cn2)cc1F. The first-order valence-electron chi connectivity index (χ1n) is 5.26. The summed E-state index contributed by atoms with van der Waals surface area (Å²) in [5, 5.41) is 13.5. The fourth-order valence-corrected chi connectivity index (χ4v) is 1.82. The van der Waals surface area contributed by atoms with Crippen molar-refractivity contribution in [2.45, 2.75) is 4.90 Å². The van der Waals surface area contributed by atoms with Crippen LogP contribution in [0.1, 0.15) is 5.56 Å². The number of benzene rings is 1. The molecule has 0 unspecified atom stereocenters. The van der Waals surface area contributed by atoms with Crippen LogP contribution in [0.2, 0.25) is 0 Å². The summed E-state index contributed by atoms with van der Waals surface area (Å²) in [6.45, 7) is 0. The summed E-state index contributed by atoms with van der Waals surface area (Å²) in [5.41, 5.74) is -0.102. The summed E-state index contributed by atoms with van der Waals surface area (Å²) in [6.07, 6.45) is 1.03. The molecule has 0 aliphatic carbocycles. The maximum atomic E-state index is 13.4. The van der Waals surface area contributed by atoms with Gasteiger partial charge in [-0.2, -0.15) is 5.26 Å². The molecule has 20 heavy (non-hydrogen) atoms. The molecule has 102 valence electrons.